The average molecular weight is 712 g/mol. The summed E-state index contributed by atoms with van der Waals surface area (Å²) in [6.45, 7) is 11.7. The Balaban J connectivity index is 1.18. The summed E-state index contributed by atoms with van der Waals surface area (Å²) in [6.07, 6.45) is 7.35. The van der Waals surface area contributed by atoms with Gasteiger partial charge in [-0.2, -0.15) is 9.13 Å². The molecule has 5 aromatic carbocycles. The molecule has 0 N–H and O–H groups in total. The summed E-state index contributed by atoms with van der Waals surface area (Å²) in [5.41, 5.74) is 16.1. The molecule has 7 heterocycles. The molecule has 0 spiro atoms. The van der Waals surface area contributed by atoms with Crippen LogP contribution >= 0.6 is 0 Å². The lowest BCUT2D eigenvalue weighted by Gasteiger charge is -2.31. The maximum Gasteiger partial charge on any atom is 0.218 e. The Morgan fingerprint density at radius 1 is 0.673 bits per heavy atom. The second kappa shape index (κ2) is 10.9. The molecule has 10 aromatic rings. The number of rotatable bonds is 0. The van der Waals surface area contributed by atoms with E-state index in [1.165, 1.54) is 82.7 Å². The molecule has 2 unspecified atom stereocenters. The Morgan fingerprint density at radius 2 is 1.47 bits per heavy atom. The fraction of sp³-hybridized carbons (Fsp3) is 0.176. The molecule has 0 amide bonds. The smallest absolute Gasteiger partial charge is 0.218 e. The van der Waals surface area contributed by atoms with Crippen molar-refractivity contribution in [2.45, 2.75) is 57.4 Å². The van der Waals surface area contributed by atoms with Gasteiger partial charge in [-0.1, -0.05) is 63.2 Å². The number of aryl methyl sites for hydroxylation is 1. The molecule has 55 heavy (non-hydrogen) atoms. The number of nitrogens with zero attached hydrogens (tertiary/aromatic N) is 3. The van der Waals surface area contributed by atoms with E-state index in [2.05, 4.69) is 168 Å². The third-order valence-electron chi connectivity index (χ3n) is 13.0. The van der Waals surface area contributed by atoms with Crippen LogP contribution in [0.25, 0.3) is 88.2 Å². The van der Waals surface area contributed by atoms with Crippen molar-refractivity contribution in [1.82, 2.24) is 4.40 Å². The molecule has 0 saturated heterocycles. The molecule has 2 atom stereocenters. The van der Waals surface area contributed by atoms with Crippen LogP contribution in [0.1, 0.15) is 62.3 Å². The summed E-state index contributed by atoms with van der Waals surface area (Å²) in [7, 11) is 0. The highest BCUT2D eigenvalue weighted by atomic mass is 16.3. The SMILES string of the molecule is C=C1CC2C(CCc3cc4c(cc3-c3cccc[n+]31)c1c3c(cc5c6cc(C(C)(C)C)ccc6n4c51)oc1ccccc13)c1ccccc1-c1cccc[n+]12. The van der Waals surface area contributed by atoms with Gasteiger partial charge in [0.05, 0.1) is 28.5 Å². The number of aromatic nitrogens is 3. The van der Waals surface area contributed by atoms with E-state index < -0.39 is 0 Å². The van der Waals surface area contributed by atoms with Crippen LogP contribution in [-0.2, 0) is 11.8 Å². The van der Waals surface area contributed by atoms with Gasteiger partial charge in [-0.3, -0.25) is 0 Å². The largest absolute Gasteiger partial charge is 0.456 e. The van der Waals surface area contributed by atoms with Crippen molar-refractivity contribution in [2.75, 3.05) is 0 Å². The van der Waals surface area contributed by atoms with E-state index in [1.54, 1.807) is 0 Å². The number of hydrogen-bond donors (Lipinski definition) is 0. The fourth-order valence-corrected chi connectivity index (χ4v) is 10.4. The van der Waals surface area contributed by atoms with Crippen molar-refractivity contribution < 1.29 is 13.6 Å². The molecule has 0 radical (unpaired) electrons. The Hall–Kier alpha value is -6.26. The van der Waals surface area contributed by atoms with Crippen LogP contribution in [0.3, 0.4) is 0 Å². The zero-order valence-corrected chi connectivity index (χ0v) is 31.4. The first-order chi connectivity index (χ1) is 26.8. The van der Waals surface area contributed by atoms with Crippen LogP contribution in [0, 0.1) is 0 Å². The summed E-state index contributed by atoms with van der Waals surface area (Å²) in [4.78, 5) is 0. The fourth-order valence-electron chi connectivity index (χ4n) is 10.4. The summed E-state index contributed by atoms with van der Waals surface area (Å²) in [5, 5.41) is 7.44. The molecule has 264 valence electrons. The highest BCUT2D eigenvalue weighted by Crippen LogP contribution is 2.49. The molecule has 0 saturated carbocycles. The summed E-state index contributed by atoms with van der Waals surface area (Å²) < 4.78 is 14.1. The lowest BCUT2D eigenvalue weighted by molar-refractivity contribution is -0.720. The normalized spacial score (nSPS) is 17.2. The minimum absolute atomic E-state index is 0.0352. The monoisotopic (exact) mass is 711 g/mol. The van der Waals surface area contributed by atoms with Gasteiger partial charge in [0.25, 0.3) is 0 Å². The third kappa shape index (κ3) is 4.23. The molecular weight excluding hydrogens is 671 g/mol. The van der Waals surface area contributed by atoms with Gasteiger partial charge in [0, 0.05) is 68.1 Å². The molecule has 0 aliphatic carbocycles. The highest BCUT2D eigenvalue weighted by Gasteiger charge is 2.42. The number of para-hydroxylation sites is 1. The molecule has 0 fully saturated rings. The minimum Gasteiger partial charge on any atom is -0.456 e. The zero-order chi connectivity index (χ0) is 36.7. The first kappa shape index (κ1) is 31.1. The van der Waals surface area contributed by atoms with E-state index in [1.807, 2.05) is 0 Å². The third-order valence-corrected chi connectivity index (χ3v) is 13.0. The highest BCUT2D eigenvalue weighted by molar-refractivity contribution is 6.35. The van der Waals surface area contributed by atoms with E-state index in [-0.39, 0.29) is 11.5 Å². The van der Waals surface area contributed by atoms with Crippen LogP contribution in [0.15, 0.2) is 145 Å². The summed E-state index contributed by atoms with van der Waals surface area (Å²) >= 11 is 0. The molecule has 2 aliphatic rings. The van der Waals surface area contributed by atoms with Crippen LogP contribution in [0.2, 0.25) is 0 Å². The minimum atomic E-state index is 0.0352. The Kier molecular flexibility index (Phi) is 6.18. The quantitative estimate of drug-likeness (QED) is 0.144. The van der Waals surface area contributed by atoms with Gasteiger partial charge in [-0.05, 0) is 96.1 Å². The number of pyridine rings is 2. The first-order valence-electron chi connectivity index (χ1n) is 19.7. The zero-order valence-electron chi connectivity index (χ0n) is 31.4. The molecular formula is C51H41N3O+2. The average Bonchev–Trinajstić information content (AvgIpc) is 3.85. The maximum absolute atomic E-state index is 6.68. The van der Waals surface area contributed by atoms with Crippen molar-refractivity contribution >= 4 is 65.7 Å². The lowest BCUT2D eigenvalue weighted by atomic mass is 9.77. The molecule has 5 aromatic heterocycles. The van der Waals surface area contributed by atoms with Gasteiger partial charge in [-0.25, -0.2) is 0 Å². The van der Waals surface area contributed by atoms with Crippen molar-refractivity contribution in [3.05, 3.63) is 157 Å². The number of allylic oxidation sites excluding steroid dienone is 1. The lowest BCUT2D eigenvalue weighted by Crippen LogP contribution is -2.49. The van der Waals surface area contributed by atoms with E-state index in [9.17, 15) is 0 Å². The van der Waals surface area contributed by atoms with Crippen molar-refractivity contribution in [3.8, 4) is 22.5 Å². The van der Waals surface area contributed by atoms with E-state index in [0.717, 1.165) is 41.5 Å². The van der Waals surface area contributed by atoms with Gasteiger partial charge < -0.3 is 8.82 Å². The van der Waals surface area contributed by atoms with Gasteiger partial charge in [0.2, 0.25) is 11.4 Å². The second-order valence-electron chi connectivity index (χ2n) is 17.0. The Labute approximate surface area is 319 Å². The summed E-state index contributed by atoms with van der Waals surface area (Å²) in [5.74, 6) is 0.337. The van der Waals surface area contributed by atoms with Crippen molar-refractivity contribution in [1.29, 1.82) is 0 Å². The van der Waals surface area contributed by atoms with Crippen LogP contribution in [0.4, 0.5) is 0 Å². The standard InChI is InChI=1S/C51H41N3O/c1-30-25-44-35(33-13-5-6-14-34(33)41-16-10-12-24-53(41)44)21-19-31-26-45-40(28-37(31)42-17-9-11-23-52(30)42)49-48-36-15-7-8-18-46(36)55-47(48)29-39-38-27-32(51(2,3)4)20-22-43(38)54(45)50(39)49/h5-18,20,22-24,26-29,35,44H,1,19,21,25H2,2-4H3/q+2. The maximum atomic E-state index is 6.68. The number of hydrogen-bond acceptors (Lipinski definition) is 1. The predicted octanol–water partition coefficient (Wildman–Crippen LogP) is 12.1. The molecule has 0 bridgehead atoms. The Bertz CT molecular complexity index is 3260. The number of furan rings is 1. The van der Waals surface area contributed by atoms with Gasteiger partial charge >= 0.3 is 0 Å². The predicted molar refractivity (Wildman–Crippen MR) is 225 cm³/mol. The topological polar surface area (TPSA) is 25.3 Å². The van der Waals surface area contributed by atoms with Crippen molar-refractivity contribution in [3.63, 3.8) is 0 Å². The molecule has 4 heteroatoms. The van der Waals surface area contributed by atoms with E-state index in [4.69, 9.17) is 11.0 Å². The second-order valence-corrected chi connectivity index (χ2v) is 17.0. The van der Waals surface area contributed by atoms with Crippen LogP contribution in [0.5, 0.6) is 0 Å². The van der Waals surface area contributed by atoms with Gasteiger partial charge in [-0.15, -0.1) is 0 Å². The molecule has 12 rings (SSSR count). The first-order valence-corrected chi connectivity index (χ1v) is 19.7. The van der Waals surface area contributed by atoms with Gasteiger partial charge in [0.1, 0.15) is 11.2 Å². The number of benzene rings is 5. The molecule has 4 nitrogen and oxygen atoms in total. The van der Waals surface area contributed by atoms with Crippen LogP contribution in [-0.4, -0.2) is 4.40 Å². The van der Waals surface area contributed by atoms with Gasteiger partial charge in [0.15, 0.2) is 24.1 Å². The van der Waals surface area contributed by atoms with E-state index in [0.29, 0.717) is 5.92 Å². The van der Waals surface area contributed by atoms with Crippen LogP contribution < -0.4 is 9.13 Å². The summed E-state index contributed by atoms with van der Waals surface area (Å²) in [6, 6.07) is 45.6. The number of fused-ring (bicyclic) bond motifs is 19. The molecule has 2 aliphatic heterocycles. The van der Waals surface area contributed by atoms with E-state index >= 15 is 0 Å². The Morgan fingerprint density at radius 3 is 2.36 bits per heavy atom. The van der Waals surface area contributed by atoms with Crippen molar-refractivity contribution in [2.24, 2.45) is 0 Å².